The number of hydrogen-bond acceptors (Lipinski definition) is 4. The third-order valence-corrected chi connectivity index (χ3v) is 4.29. The molecule has 0 saturated carbocycles. The average Bonchev–Trinajstić information content (AvgIpc) is 2.57. The smallest absolute Gasteiger partial charge is 0.276 e. The molecule has 0 spiro atoms. The summed E-state index contributed by atoms with van der Waals surface area (Å²) in [5, 5.41) is 2.20. The molecule has 2 aromatic carbocycles. The quantitative estimate of drug-likeness (QED) is 0.634. The zero-order valence-electron chi connectivity index (χ0n) is 13.3. The first-order chi connectivity index (χ1) is 12.0. The number of imide groups is 2. The van der Waals surface area contributed by atoms with Gasteiger partial charge >= 0.3 is 6.03 Å². The number of benzene rings is 2. The highest BCUT2D eigenvalue weighted by molar-refractivity contribution is 9.10. The number of nitrogens with one attached hydrogen (secondary N) is 1. The van der Waals surface area contributed by atoms with Crippen LogP contribution in [0.4, 0.5) is 16.2 Å². The summed E-state index contributed by atoms with van der Waals surface area (Å²) in [7, 11) is 0. The molecular formula is C18H14BrN3O3. The van der Waals surface area contributed by atoms with Crippen molar-refractivity contribution in [2.75, 3.05) is 4.90 Å². The van der Waals surface area contributed by atoms with Crippen molar-refractivity contribution in [2.24, 2.45) is 10.9 Å². The van der Waals surface area contributed by atoms with Gasteiger partial charge in [-0.2, -0.15) is 0 Å². The van der Waals surface area contributed by atoms with Gasteiger partial charge in [-0.15, -0.1) is 0 Å². The number of anilines is 1. The van der Waals surface area contributed by atoms with E-state index in [2.05, 4.69) is 26.2 Å². The number of barbiturate groups is 1. The molecule has 6 nitrogen and oxygen atoms in total. The van der Waals surface area contributed by atoms with Crippen LogP contribution in [0.15, 0.2) is 58.0 Å². The lowest BCUT2D eigenvalue weighted by molar-refractivity contribution is -0.131. The Morgan fingerprint density at radius 1 is 1.08 bits per heavy atom. The Hall–Kier alpha value is -2.80. The van der Waals surface area contributed by atoms with Crippen LogP contribution in [0.25, 0.3) is 0 Å². The maximum absolute atomic E-state index is 12.7. The SMILES string of the molecule is Cc1ccccc1N=C[C@@H]1C(=O)NC(=O)N(c2ccc(Br)cc2)C1=O. The molecule has 1 heterocycles. The zero-order chi connectivity index (χ0) is 18.0. The molecule has 3 rings (SSSR count). The van der Waals surface area contributed by atoms with Crippen LogP contribution in [0.3, 0.4) is 0 Å². The van der Waals surface area contributed by atoms with Crippen molar-refractivity contribution in [3.8, 4) is 0 Å². The summed E-state index contributed by atoms with van der Waals surface area (Å²) < 4.78 is 0.815. The van der Waals surface area contributed by atoms with Gasteiger partial charge in [0.1, 0.15) is 0 Å². The normalized spacial score (nSPS) is 17.9. The predicted molar refractivity (Wildman–Crippen MR) is 98.0 cm³/mol. The fourth-order valence-corrected chi connectivity index (χ4v) is 2.68. The molecule has 1 fully saturated rings. The predicted octanol–water partition coefficient (Wildman–Crippen LogP) is 3.36. The summed E-state index contributed by atoms with van der Waals surface area (Å²) in [4.78, 5) is 42.0. The number of nitrogens with zero attached hydrogens (tertiary/aromatic N) is 2. The maximum atomic E-state index is 12.7. The van der Waals surface area contributed by atoms with Crippen molar-refractivity contribution in [3.05, 3.63) is 58.6 Å². The Morgan fingerprint density at radius 3 is 2.44 bits per heavy atom. The Bertz CT molecular complexity index is 877. The summed E-state index contributed by atoms with van der Waals surface area (Å²) in [6.07, 6.45) is 1.28. The van der Waals surface area contributed by atoms with Gasteiger partial charge in [-0.05, 0) is 42.8 Å². The zero-order valence-corrected chi connectivity index (χ0v) is 14.9. The second kappa shape index (κ2) is 6.98. The molecule has 1 N–H and O–H groups in total. The molecule has 1 aliphatic heterocycles. The van der Waals surface area contributed by atoms with E-state index in [9.17, 15) is 14.4 Å². The lowest BCUT2D eigenvalue weighted by Crippen LogP contribution is -2.58. The van der Waals surface area contributed by atoms with E-state index in [0.717, 1.165) is 14.9 Å². The first-order valence-corrected chi connectivity index (χ1v) is 8.31. The topological polar surface area (TPSA) is 78.8 Å². The second-order valence-corrected chi connectivity index (χ2v) is 6.40. The second-order valence-electron chi connectivity index (χ2n) is 5.49. The number of amides is 4. The van der Waals surface area contributed by atoms with Crippen LogP contribution in [-0.4, -0.2) is 24.1 Å². The van der Waals surface area contributed by atoms with Crippen LogP contribution in [0, 0.1) is 12.8 Å². The summed E-state index contributed by atoms with van der Waals surface area (Å²) in [6.45, 7) is 1.88. The Morgan fingerprint density at radius 2 is 1.76 bits per heavy atom. The van der Waals surface area contributed by atoms with Gasteiger partial charge in [0.15, 0.2) is 5.92 Å². The lowest BCUT2D eigenvalue weighted by atomic mass is 10.1. The number of halogens is 1. The monoisotopic (exact) mass is 399 g/mol. The summed E-state index contributed by atoms with van der Waals surface area (Å²) in [5.41, 5.74) is 1.96. The van der Waals surface area contributed by atoms with Gasteiger partial charge in [0.2, 0.25) is 5.91 Å². The van der Waals surface area contributed by atoms with E-state index in [1.807, 2.05) is 25.1 Å². The minimum atomic E-state index is -1.17. The van der Waals surface area contributed by atoms with Gasteiger partial charge in [0.25, 0.3) is 5.91 Å². The molecule has 0 radical (unpaired) electrons. The molecule has 126 valence electrons. The highest BCUT2D eigenvalue weighted by atomic mass is 79.9. The summed E-state index contributed by atoms with van der Waals surface area (Å²) >= 11 is 3.30. The molecule has 25 heavy (non-hydrogen) atoms. The molecule has 1 aliphatic rings. The van der Waals surface area contributed by atoms with Crippen molar-refractivity contribution in [3.63, 3.8) is 0 Å². The summed E-state index contributed by atoms with van der Waals surface area (Å²) in [6, 6.07) is 13.3. The molecule has 1 saturated heterocycles. The van der Waals surface area contributed by atoms with Gasteiger partial charge in [-0.1, -0.05) is 34.1 Å². The number of carbonyl (C=O) groups excluding carboxylic acids is 3. The van der Waals surface area contributed by atoms with E-state index in [1.165, 1.54) is 6.21 Å². The molecule has 0 aliphatic carbocycles. The van der Waals surface area contributed by atoms with E-state index in [1.54, 1.807) is 30.3 Å². The van der Waals surface area contributed by atoms with E-state index in [4.69, 9.17) is 0 Å². The van der Waals surface area contributed by atoms with Crippen molar-refractivity contribution < 1.29 is 14.4 Å². The van der Waals surface area contributed by atoms with Gasteiger partial charge in [0, 0.05) is 10.7 Å². The lowest BCUT2D eigenvalue weighted by Gasteiger charge is -2.28. The van der Waals surface area contributed by atoms with Crippen LogP contribution in [0.5, 0.6) is 0 Å². The molecule has 4 amide bonds. The standard InChI is InChI=1S/C18H14BrN3O3/c1-11-4-2-3-5-15(11)20-10-14-16(23)21-18(25)22(17(14)24)13-8-6-12(19)7-9-13/h2-10,14H,1H3,(H,21,23,25)/t14-/m1/s1. The number of aliphatic imine (C=N–C) groups is 1. The van der Waals surface area contributed by atoms with E-state index >= 15 is 0 Å². The third kappa shape index (κ3) is 3.51. The van der Waals surface area contributed by atoms with E-state index < -0.39 is 23.8 Å². The first-order valence-electron chi connectivity index (χ1n) is 7.51. The van der Waals surface area contributed by atoms with Gasteiger partial charge in [-0.3, -0.25) is 19.9 Å². The van der Waals surface area contributed by atoms with Crippen LogP contribution in [-0.2, 0) is 9.59 Å². The Labute approximate surface area is 152 Å². The largest absolute Gasteiger partial charge is 0.335 e. The van der Waals surface area contributed by atoms with Crippen molar-refractivity contribution in [1.82, 2.24) is 5.32 Å². The first kappa shape index (κ1) is 17.0. The van der Waals surface area contributed by atoms with Crippen LogP contribution in [0.1, 0.15) is 5.56 Å². The number of urea groups is 1. The molecule has 0 unspecified atom stereocenters. The molecule has 2 aromatic rings. The van der Waals surface area contributed by atoms with Crippen molar-refractivity contribution >= 4 is 51.4 Å². The minimum Gasteiger partial charge on any atom is -0.276 e. The molecule has 7 heteroatoms. The van der Waals surface area contributed by atoms with Crippen molar-refractivity contribution in [2.45, 2.75) is 6.92 Å². The average molecular weight is 400 g/mol. The van der Waals surface area contributed by atoms with Crippen molar-refractivity contribution in [1.29, 1.82) is 0 Å². The fourth-order valence-electron chi connectivity index (χ4n) is 2.42. The van der Waals surface area contributed by atoms with Crippen LogP contribution < -0.4 is 10.2 Å². The number of rotatable bonds is 3. The number of aryl methyl sites for hydroxylation is 1. The maximum Gasteiger partial charge on any atom is 0.335 e. The highest BCUT2D eigenvalue weighted by Gasteiger charge is 2.40. The van der Waals surface area contributed by atoms with Gasteiger partial charge in [-0.25, -0.2) is 9.69 Å². The van der Waals surface area contributed by atoms with E-state index in [0.29, 0.717) is 11.4 Å². The molecule has 1 atom stereocenters. The summed E-state index contributed by atoms with van der Waals surface area (Å²) in [5.74, 6) is -2.48. The molecular weight excluding hydrogens is 386 g/mol. The van der Waals surface area contributed by atoms with Crippen LogP contribution in [0.2, 0.25) is 0 Å². The number of para-hydroxylation sites is 1. The Balaban J connectivity index is 1.90. The van der Waals surface area contributed by atoms with Gasteiger partial charge in [0.05, 0.1) is 11.4 Å². The molecule has 0 bridgehead atoms. The van der Waals surface area contributed by atoms with E-state index in [-0.39, 0.29) is 0 Å². The fraction of sp³-hybridized carbons (Fsp3) is 0.111. The van der Waals surface area contributed by atoms with Crippen LogP contribution >= 0.6 is 15.9 Å². The highest BCUT2D eigenvalue weighted by Crippen LogP contribution is 2.23. The minimum absolute atomic E-state index is 0.382. The molecule has 0 aromatic heterocycles. The third-order valence-electron chi connectivity index (χ3n) is 3.77. The van der Waals surface area contributed by atoms with Gasteiger partial charge < -0.3 is 0 Å². The number of hydrogen-bond donors (Lipinski definition) is 1. The Kier molecular flexibility index (Phi) is 4.76. The number of carbonyl (C=O) groups is 3.